The highest BCUT2D eigenvalue weighted by atomic mass is 31.2. The lowest BCUT2D eigenvalue weighted by Crippen LogP contribution is -2.30. The SMILES string of the molecule is CCCCCCCCCCCCCCC(=O)OC[C@H](COP(=O)(O)OC[C@H](O)COP(=O)(O)OC[C@@H](COC(=O)CCCCCCCCCCCCCCCCC(C)C)OC(=O)CCCCCCCCCCCCCCCCC(C)CC)OC(=O)CCCCCCCCCCCCCC. The van der Waals surface area contributed by atoms with Crippen LogP contribution in [0.2, 0.25) is 0 Å². The monoisotopic (exact) mass is 1450 g/mol. The van der Waals surface area contributed by atoms with Gasteiger partial charge in [0.25, 0.3) is 0 Å². The molecule has 0 rings (SSSR count). The molecule has 0 aliphatic rings. The van der Waals surface area contributed by atoms with Crippen molar-refractivity contribution in [3.63, 3.8) is 0 Å². The minimum Gasteiger partial charge on any atom is -0.462 e. The van der Waals surface area contributed by atoms with Crippen LogP contribution in [0.5, 0.6) is 0 Å². The van der Waals surface area contributed by atoms with Gasteiger partial charge in [0, 0.05) is 25.7 Å². The Kier molecular flexibility index (Phi) is 70.3. The van der Waals surface area contributed by atoms with Crippen LogP contribution in [0.15, 0.2) is 0 Å². The predicted octanol–water partition coefficient (Wildman–Crippen LogP) is 23.9. The third-order valence-electron chi connectivity index (χ3n) is 19.1. The Bertz CT molecular complexity index is 1910. The molecule has 588 valence electrons. The van der Waals surface area contributed by atoms with Crippen molar-refractivity contribution < 1.29 is 80.2 Å². The molecule has 0 amide bonds. The molecule has 0 saturated heterocycles. The van der Waals surface area contributed by atoms with E-state index in [0.29, 0.717) is 25.7 Å². The van der Waals surface area contributed by atoms with Gasteiger partial charge in [0.15, 0.2) is 12.2 Å². The van der Waals surface area contributed by atoms with E-state index >= 15 is 0 Å². The van der Waals surface area contributed by atoms with Gasteiger partial charge in [0.1, 0.15) is 19.3 Å². The Hall–Kier alpha value is -1.94. The number of phosphoric ester groups is 2. The Balaban J connectivity index is 5.25. The zero-order valence-electron chi connectivity index (χ0n) is 64.8. The van der Waals surface area contributed by atoms with Crippen molar-refractivity contribution in [2.24, 2.45) is 11.8 Å². The van der Waals surface area contributed by atoms with Gasteiger partial charge >= 0.3 is 39.5 Å². The Morgan fingerprint density at radius 3 is 0.768 bits per heavy atom. The van der Waals surface area contributed by atoms with Crippen LogP contribution in [-0.2, 0) is 65.4 Å². The second-order valence-corrected chi connectivity index (χ2v) is 32.4. The fourth-order valence-electron chi connectivity index (χ4n) is 12.3. The summed E-state index contributed by atoms with van der Waals surface area (Å²) >= 11 is 0. The molecule has 0 bridgehead atoms. The molecule has 3 N–H and O–H groups in total. The van der Waals surface area contributed by atoms with E-state index in [2.05, 4.69) is 41.5 Å². The van der Waals surface area contributed by atoms with E-state index in [-0.39, 0.29) is 25.7 Å². The minimum atomic E-state index is -4.96. The zero-order valence-corrected chi connectivity index (χ0v) is 66.6. The quantitative estimate of drug-likeness (QED) is 0.0222. The van der Waals surface area contributed by atoms with E-state index in [9.17, 15) is 43.2 Å². The summed E-state index contributed by atoms with van der Waals surface area (Å²) in [5, 5.41) is 10.6. The van der Waals surface area contributed by atoms with Gasteiger partial charge < -0.3 is 33.8 Å². The highest BCUT2D eigenvalue weighted by Crippen LogP contribution is 2.45. The van der Waals surface area contributed by atoms with Gasteiger partial charge in [-0.05, 0) is 37.5 Å². The fraction of sp³-hybridized carbons (Fsp3) is 0.950. The second-order valence-electron chi connectivity index (χ2n) is 29.5. The van der Waals surface area contributed by atoms with E-state index in [4.69, 9.17) is 37.0 Å². The maximum Gasteiger partial charge on any atom is 0.472 e. The predicted molar refractivity (Wildman–Crippen MR) is 405 cm³/mol. The van der Waals surface area contributed by atoms with Gasteiger partial charge in [-0.3, -0.25) is 37.3 Å². The molecule has 0 aromatic heterocycles. The maximum atomic E-state index is 13.1. The first kappa shape index (κ1) is 97.1. The third kappa shape index (κ3) is 72.8. The summed E-state index contributed by atoms with van der Waals surface area (Å²) in [6.45, 7) is 9.71. The van der Waals surface area contributed by atoms with Crippen LogP contribution in [-0.4, -0.2) is 96.7 Å². The van der Waals surface area contributed by atoms with Crippen molar-refractivity contribution in [1.29, 1.82) is 0 Å². The van der Waals surface area contributed by atoms with E-state index < -0.39 is 97.5 Å². The number of unbranched alkanes of at least 4 members (excludes halogenated alkanes) is 48. The van der Waals surface area contributed by atoms with Crippen LogP contribution in [0.1, 0.15) is 420 Å². The van der Waals surface area contributed by atoms with Gasteiger partial charge in [-0.25, -0.2) is 9.13 Å². The molecule has 19 heteroatoms. The number of rotatable bonds is 79. The molecule has 0 spiro atoms. The normalized spacial score (nSPS) is 14.2. The Morgan fingerprint density at radius 2 is 0.515 bits per heavy atom. The lowest BCUT2D eigenvalue weighted by molar-refractivity contribution is -0.161. The topological polar surface area (TPSA) is 237 Å². The van der Waals surface area contributed by atoms with Crippen LogP contribution in [0.25, 0.3) is 0 Å². The minimum absolute atomic E-state index is 0.108. The van der Waals surface area contributed by atoms with Crippen molar-refractivity contribution in [3.05, 3.63) is 0 Å². The van der Waals surface area contributed by atoms with Gasteiger partial charge in [-0.2, -0.15) is 0 Å². The van der Waals surface area contributed by atoms with Crippen molar-refractivity contribution in [3.8, 4) is 0 Å². The lowest BCUT2D eigenvalue weighted by atomic mass is 9.99. The molecule has 0 aliphatic heterocycles. The van der Waals surface area contributed by atoms with Gasteiger partial charge in [-0.1, -0.05) is 369 Å². The molecular weight excluding hydrogens is 1290 g/mol. The smallest absolute Gasteiger partial charge is 0.462 e. The Labute approximate surface area is 607 Å². The molecule has 99 heavy (non-hydrogen) atoms. The number of aliphatic hydroxyl groups excluding tert-OH is 1. The van der Waals surface area contributed by atoms with Gasteiger partial charge in [0.05, 0.1) is 26.4 Å². The number of hydrogen-bond acceptors (Lipinski definition) is 15. The van der Waals surface area contributed by atoms with Crippen molar-refractivity contribution >= 4 is 39.5 Å². The van der Waals surface area contributed by atoms with Crippen molar-refractivity contribution in [1.82, 2.24) is 0 Å². The molecule has 3 unspecified atom stereocenters. The van der Waals surface area contributed by atoms with Crippen LogP contribution in [0, 0.1) is 11.8 Å². The summed E-state index contributed by atoms with van der Waals surface area (Å²) in [6, 6.07) is 0. The average Bonchev–Trinajstić information content (AvgIpc) is 0.989. The number of carbonyl (C=O) groups is 4. The standard InChI is InChI=1S/C80H156O17P2/c1-7-10-12-14-16-18-20-32-38-44-50-56-62-77(82)90-68-75(96-79(84)64-58-52-46-40-33-21-19-17-15-13-11-8-2)70-94-98(86,87)92-66-74(81)67-93-99(88,89)95-71-76(69-91-78(83)63-57-51-45-39-34-28-24-22-26-30-36-42-48-54-60-72(4)5)97-80(85)65-59-53-47-41-35-29-25-23-27-31-37-43-49-55-61-73(6)9-3/h72-76,81H,7-71H2,1-6H3,(H,86,87)(H,88,89)/t73?,74-,75+,76+/m0/s1. The van der Waals surface area contributed by atoms with Crippen LogP contribution < -0.4 is 0 Å². The first-order chi connectivity index (χ1) is 47.9. The molecule has 0 radical (unpaired) electrons. The zero-order chi connectivity index (χ0) is 72.8. The summed E-state index contributed by atoms with van der Waals surface area (Å²) in [5.74, 6) is -0.462. The van der Waals surface area contributed by atoms with E-state index in [1.807, 2.05) is 0 Å². The maximum absolute atomic E-state index is 13.1. The molecule has 0 aliphatic carbocycles. The van der Waals surface area contributed by atoms with Gasteiger partial charge in [0.2, 0.25) is 0 Å². The third-order valence-corrected chi connectivity index (χ3v) is 21.0. The molecule has 0 heterocycles. The van der Waals surface area contributed by atoms with Gasteiger partial charge in [-0.15, -0.1) is 0 Å². The molecule has 0 aromatic carbocycles. The number of hydrogen-bond donors (Lipinski definition) is 3. The van der Waals surface area contributed by atoms with E-state index in [1.54, 1.807) is 0 Å². The molecule has 6 atom stereocenters. The number of esters is 4. The highest BCUT2D eigenvalue weighted by molar-refractivity contribution is 7.47. The number of carbonyl (C=O) groups excluding carboxylic acids is 4. The molecule has 0 fully saturated rings. The molecule has 17 nitrogen and oxygen atoms in total. The average molecular weight is 1450 g/mol. The highest BCUT2D eigenvalue weighted by Gasteiger charge is 2.30. The summed E-state index contributed by atoms with van der Waals surface area (Å²) in [5.41, 5.74) is 0. The van der Waals surface area contributed by atoms with E-state index in [1.165, 1.54) is 238 Å². The second kappa shape index (κ2) is 71.7. The van der Waals surface area contributed by atoms with Crippen molar-refractivity contribution in [2.45, 2.75) is 439 Å². The molecule has 0 aromatic rings. The summed E-state index contributed by atoms with van der Waals surface area (Å²) in [7, 11) is -9.92. The van der Waals surface area contributed by atoms with Crippen LogP contribution >= 0.6 is 15.6 Å². The van der Waals surface area contributed by atoms with Crippen molar-refractivity contribution in [2.75, 3.05) is 39.6 Å². The first-order valence-electron chi connectivity index (χ1n) is 41.5. The summed E-state index contributed by atoms with van der Waals surface area (Å²) in [6.07, 6.45) is 60.8. The summed E-state index contributed by atoms with van der Waals surface area (Å²) < 4.78 is 68.7. The number of ether oxygens (including phenoxy) is 4. The number of phosphoric acid groups is 2. The van der Waals surface area contributed by atoms with E-state index in [0.717, 1.165) is 102 Å². The van der Waals surface area contributed by atoms with Crippen LogP contribution in [0.4, 0.5) is 0 Å². The largest absolute Gasteiger partial charge is 0.472 e. The molecule has 0 saturated carbocycles. The number of aliphatic hydroxyl groups is 1. The first-order valence-corrected chi connectivity index (χ1v) is 44.5. The lowest BCUT2D eigenvalue weighted by Gasteiger charge is -2.21. The Morgan fingerprint density at radius 1 is 0.293 bits per heavy atom. The van der Waals surface area contributed by atoms with Crippen LogP contribution in [0.3, 0.4) is 0 Å². The fourth-order valence-corrected chi connectivity index (χ4v) is 13.9. The summed E-state index contributed by atoms with van der Waals surface area (Å²) in [4.78, 5) is 73.0. The molecular formula is C80H156O17P2.